The average Bonchev–Trinajstić information content (AvgIpc) is 2.57. The molecular weight excluding hydrogens is 260 g/mol. The lowest BCUT2D eigenvalue weighted by atomic mass is 9.96. The van der Waals surface area contributed by atoms with Crippen LogP contribution >= 0.6 is 0 Å². The van der Waals surface area contributed by atoms with Crippen molar-refractivity contribution < 1.29 is 0 Å². The van der Waals surface area contributed by atoms with Gasteiger partial charge in [-0.15, -0.1) is 0 Å². The molecule has 2 saturated heterocycles. The number of hydrogen-bond acceptors (Lipinski definition) is 2. The molecule has 2 aliphatic heterocycles. The number of piperidine rings is 2. The van der Waals surface area contributed by atoms with Crippen LogP contribution in [-0.4, -0.2) is 54.0 Å². The van der Waals surface area contributed by atoms with Gasteiger partial charge in [-0.3, -0.25) is 0 Å². The van der Waals surface area contributed by atoms with Crippen molar-refractivity contribution in [3.05, 3.63) is 0 Å². The normalized spacial score (nSPS) is 28.0. The lowest BCUT2D eigenvalue weighted by molar-refractivity contribution is 0.114. The van der Waals surface area contributed by atoms with Crippen LogP contribution in [0, 0.1) is 0 Å². The second-order valence-electron chi connectivity index (χ2n) is 7.09. The highest BCUT2D eigenvalue weighted by Gasteiger charge is 2.26. The van der Waals surface area contributed by atoms with Crippen molar-refractivity contribution in [1.82, 2.24) is 9.80 Å². The van der Waals surface area contributed by atoms with E-state index in [0.717, 1.165) is 25.1 Å². The van der Waals surface area contributed by atoms with Gasteiger partial charge < -0.3 is 15.5 Å². The van der Waals surface area contributed by atoms with Gasteiger partial charge in [-0.25, -0.2) is 4.99 Å². The Hall–Kier alpha value is -0.770. The molecule has 0 aromatic carbocycles. The Balaban J connectivity index is 1.46. The number of guanidine groups is 1. The van der Waals surface area contributed by atoms with Crippen LogP contribution in [0.1, 0.15) is 64.2 Å². The van der Waals surface area contributed by atoms with Gasteiger partial charge in [0, 0.05) is 19.1 Å². The van der Waals surface area contributed by atoms with Crippen LogP contribution in [0.2, 0.25) is 0 Å². The van der Waals surface area contributed by atoms with Gasteiger partial charge >= 0.3 is 0 Å². The molecule has 2 heterocycles. The molecule has 1 saturated carbocycles. The average molecular weight is 292 g/mol. The number of likely N-dealkylation sites (tertiary alicyclic amines) is 2. The standard InChI is InChI=1S/C17H32N4/c18-17(19-15-7-3-1-4-8-15)21-13-9-16(10-14-21)20-11-5-2-6-12-20/h15-16H,1-14H2,(H2,18,19). The van der Waals surface area contributed by atoms with Crippen LogP contribution in [0.25, 0.3) is 0 Å². The highest BCUT2D eigenvalue weighted by molar-refractivity contribution is 5.78. The molecule has 0 amide bonds. The summed E-state index contributed by atoms with van der Waals surface area (Å²) in [6.45, 7) is 4.83. The van der Waals surface area contributed by atoms with E-state index < -0.39 is 0 Å². The summed E-state index contributed by atoms with van der Waals surface area (Å²) in [5, 5.41) is 0. The van der Waals surface area contributed by atoms with Gasteiger partial charge in [0.25, 0.3) is 0 Å². The van der Waals surface area contributed by atoms with E-state index in [0.29, 0.717) is 6.04 Å². The molecule has 3 rings (SSSR count). The van der Waals surface area contributed by atoms with E-state index in [1.165, 1.54) is 77.3 Å². The van der Waals surface area contributed by atoms with Crippen LogP contribution in [0.3, 0.4) is 0 Å². The van der Waals surface area contributed by atoms with Crippen molar-refractivity contribution in [3.8, 4) is 0 Å². The molecule has 1 aliphatic carbocycles. The number of hydrogen-bond donors (Lipinski definition) is 1. The Morgan fingerprint density at radius 1 is 0.762 bits per heavy atom. The van der Waals surface area contributed by atoms with Crippen molar-refractivity contribution in [1.29, 1.82) is 0 Å². The van der Waals surface area contributed by atoms with Crippen molar-refractivity contribution >= 4 is 5.96 Å². The van der Waals surface area contributed by atoms with Crippen LogP contribution in [0.5, 0.6) is 0 Å². The molecule has 3 aliphatic rings. The number of rotatable bonds is 2. The summed E-state index contributed by atoms with van der Waals surface area (Å²) in [5.41, 5.74) is 6.27. The van der Waals surface area contributed by atoms with E-state index >= 15 is 0 Å². The van der Waals surface area contributed by atoms with Crippen LogP contribution < -0.4 is 5.73 Å². The molecule has 0 radical (unpaired) electrons. The Morgan fingerprint density at radius 3 is 2.05 bits per heavy atom. The molecule has 0 aromatic heterocycles. The summed E-state index contributed by atoms with van der Waals surface area (Å²) in [7, 11) is 0. The first-order valence-electron chi connectivity index (χ1n) is 9.15. The molecule has 4 heteroatoms. The first kappa shape index (κ1) is 15.1. The summed E-state index contributed by atoms with van der Waals surface area (Å²) in [6.07, 6.45) is 13.3. The zero-order chi connectivity index (χ0) is 14.5. The zero-order valence-electron chi connectivity index (χ0n) is 13.5. The van der Waals surface area contributed by atoms with E-state index in [4.69, 9.17) is 10.7 Å². The largest absolute Gasteiger partial charge is 0.370 e. The predicted molar refractivity (Wildman–Crippen MR) is 88.5 cm³/mol. The minimum absolute atomic E-state index is 0.499. The summed E-state index contributed by atoms with van der Waals surface area (Å²) in [4.78, 5) is 9.85. The van der Waals surface area contributed by atoms with Crippen LogP contribution in [-0.2, 0) is 0 Å². The maximum atomic E-state index is 6.27. The highest BCUT2D eigenvalue weighted by Crippen LogP contribution is 2.22. The van der Waals surface area contributed by atoms with E-state index in [1.807, 2.05) is 0 Å². The zero-order valence-corrected chi connectivity index (χ0v) is 13.5. The van der Waals surface area contributed by atoms with E-state index in [2.05, 4.69) is 9.80 Å². The third kappa shape index (κ3) is 4.12. The first-order valence-corrected chi connectivity index (χ1v) is 9.15. The lowest BCUT2D eigenvalue weighted by Crippen LogP contribution is -2.50. The smallest absolute Gasteiger partial charge is 0.191 e. The maximum Gasteiger partial charge on any atom is 0.191 e. The molecular formula is C17H32N4. The van der Waals surface area contributed by atoms with Gasteiger partial charge in [0.05, 0.1) is 6.04 Å². The monoisotopic (exact) mass is 292 g/mol. The maximum absolute atomic E-state index is 6.27. The fraction of sp³-hybridized carbons (Fsp3) is 0.941. The van der Waals surface area contributed by atoms with Crippen molar-refractivity contribution in [2.24, 2.45) is 10.7 Å². The molecule has 21 heavy (non-hydrogen) atoms. The van der Waals surface area contributed by atoms with Gasteiger partial charge in [0.2, 0.25) is 0 Å². The highest BCUT2D eigenvalue weighted by atomic mass is 15.3. The van der Waals surface area contributed by atoms with Crippen LogP contribution in [0.15, 0.2) is 4.99 Å². The van der Waals surface area contributed by atoms with E-state index in [9.17, 15) is 0 Å². The summed E-state index contributed by atoms with van der Waals surface area (Å²) >= 11 is 0. The van der Waals surface area contributed by atoms with Gasteiger partial charge in [-0.2, -0.15) is 0 Å². The number of nitrogens with zero attached hydrogens (tertiary/aromatic N) is 3. The third-order valence-electron chi connectivity index (χ3n) is 5.59. The molecule has 0 atom stereocenters. The second-order valence-corrected chi connectivity index (χ2v) is 7.09. The molecule has 2 N–H and O–H groups in total. The minimum atomic E-state index is 0.499. The Bertz CT molecular complexity index is 335. The van der Waals surface area contributed by atoms with Crippen LogP contribution in [0.4, 0.5) is 0 Å². The summed E-state index contributed by atoms with van der Waals surface area (Å²) in [5.74, 6) is 0.819. The number of nitrogens with two attached hydrogens (primary N) is 1. The summed E-state index contributed by atoms with van der Waals surface area (Å²) in [6, 6.07) is 1.29. The van der Waals surface area contributed by atoms with Crippen molar-refractivity contribution in [3.63, 3.8) is 0 Å². The fourth-order valence-corrected chi connectivity index (χ4v) is 4.22. The van der Waals surface area contributed by atoms with Gasteiger partial charge in [-0.1, -0.05) is 25.7 Å². The van der Waals surface area contributed by atoms with Gasteiger partial charge in [0.1, 0.15) is 0 Å². The third-order valence-corrected chi connectivity index (χ3v) is 5.59. The molecule has 4 nitrogen and oxygen atoms in total. The molecule has 0 spiro atoms. The topological polar surface area (TPSA) is 44.9 Å². The Morgan fingerprint density at radius 2 is 1.38 bits per heavy atom. The van der Waals surface area contributed by atoms with Gasteiger partial charge in [0.15, 0.2) is 5.96 Å². The fourth-order valence-electron chi connectivity index (χ4n) is 4.22. The van der Waals surface area contributed by atoms with E-state index in [1.54, 1.807) is 0 Å². The lowest BCUT2D eigenvalue weighted by Gasteiger charge is -2.40. The minimum Gasteiger partial charge on any atom is -0.370 e. The molecule has 0 aromatic rings. The molecule has 120 valence electrons. The van der Waals surface area contributed by atoms with Crippen molar-refractivity contribution in [2.75, 3.05) is 26.2 Å². The Kier molecular flexibility index (Phi) is 5.39. The number of aliphatic imine (C=N–C) groups is 1. The Labute approximate surface area is 129 Å². The van der Waals surface area contributed by atoms with E-state index in [-0.39, 0.29) is 0 Å². The first-order chi connectivity index (χ1) is 10.3. The predicted octanol–water partition coefficient (Wildman–Crippen LogP) is 2.58. The second kappa shape index (κ2) is 7.48. The molecule has 3 fully saturated rings. The summed E-state index contributed by atoms with van der Waals surface area (Å²) < 4.78 is 0. The SMILES string of the molecule is NC(=NC1CCCCC1)N1CCC(N2CCCCC2)CC1. The van der Waals surface area contributed by atoms with Gasteiger partial charge in [-0.05, 0) is 51.6 Å². The molecule has 0 unspecified atom stereocenters. The van der Waals surface area contributed by atoms with Crippen molar-refractivity contribution in [2.45, 2.75) is 76.3 Å². The molecule has 0 bridgehead atoms. The quantitative estimate of drug-likeness (QED) is 0.628.